The number of aromatic nitrogens is 2. The van der Waals surface area contributed by atoms with Crippen molar-refractivity contribution in [3.63, 3.8) is 0 Å². The van der Waals surface area contributed by atoms with Gasteiger partial charge in [0.25, 0.3) is 5.69 Å². The maximum atomic E-state index is 12.2. The fourth-order valence-corrected chi connectivity index (χ4v) is 2.98. The zero-order chi connectivity index (χ0) is 19.3. The number of carbonyl (C=O) groups is 1. The molecule has 1 heterocycles. The molecule has 0 unspecified atom stereocenters. The van der Waals surface area contributed by atoms with E-state index in [4.69, 9.17) is 0 Å². The van der Waals surface area contributed by atoms with Gasteiger partial charge in [-0.3, -0.25) is 19.6 Å². The third kappa shape index (κ3) is 4.91. The maximum absolute atomic E-state index is 12.2. The number of aryl methyl sites for hydroxylation is 1. The van der Waals surface area contributed by atoms with Crippen molar-refractivity contribution in [2.75, 3.05) is 0 Å². The van der Waals surface area contributed by atoms with Crippen LogP contribution in [0.1, 0.15) is 42.8 Å². The summed E-state index contributed by atoms with van der Waals surface area (Å²) in [6.07, 6.45) is 0.939. The first-order valence-corrected chi connectivity index (χ1v) is 8.81. The van der Waals surface area contributed by atoms with Crippen molar-refractivity contribution < 1.29 is 9.72 Å². The lowest BCUT2D eigenvalue weighted by Gasteiger charge is -2.08. The highest BCUT2D eigenvalue weighted by atomic mass is 16.6. The molecule has 2 aromatic rings. The molecule has 0 aliphatic rings. The van der Waals surface area contributed by atoms with Crippen LogP contribution in [0.15, 0.2) is 24.3 Å². The molecule has 7 heteroatoms. The molecule has 2 rings (SSSR count). The Hall–Kier alpha value is -2.70. The van der Waals surface area contributed by atoms with Gasteiger partial charge in [0.1, 0.15) is 0 Å². The number of para-hydroxylation sites is 1. The summed E-state index contributed by atoms with van der Waals surface area (Å²) in [5, 5.41) is 18.3. The first-order valence-electron chi connectivity index (χ1n) is 8.81. The Labute approximate surface area is 153 Å². The minimum atomic E-state index is -0.433. The van der Waals surface area contributed by atoms with Crippen LogP contribution in [-0.4, -0.2) is 20.6 Å². The van der Waals surface area contributed by atoms with Crippen LogP contribution in [-0.2, 0) is 24.3 Å². The summed E-state index contributed by atoms with van der Waals surface area (Å²) in [6.45, 7) is 9.29. The molecular formula is C19H26N4O3. The highest BCUT2D eigenvalue weighted by Gasteiger charge is 2.15. The van der Waals surface area contributed by atoms with Gasteiger partial charge in [0.15, 0.2) is 0 Å². The van der Waals surface area contributed by atoms with Gasteiger partial charge in [-0.15, -0.1) is 0 Å². The number of carbonyl (C=O) groups excluding carboxylic acids is 1. The summed E-state index contributed by atoms with van der Waals surface area (Å²) in [4.78, 5) is 22.8. The van der Waals surface area contributed by atoms with Gasteiger partial charge in [-0.1, -0.05) is 32.0 Å². The number of nitrogens with zero attached hydrogens (tertiary/aromatic N) is 3. The van der Waals surface area contributed by atoms with Crippen molar-refractivity contribution in [3.8, 4) is 0 Å². The highest BCUT2D eigenvalue weighted by Crippen LogP contribution is 2.18. The van der Waals surface area contributed by atoms with Gasteiger partial charge >= 0.3 is 0 Å². The Kier molecular flexibility index (Phi) is 6.49. The average Bonchev–Trinajstić information content (AvgIpc) is 2.84. The molecule has 0 saturated carbocycles. The van der Waals surface area contributed by atoms with E-state index in [2.05, 4.69) is 24.3 Å². The zero-order valence-corrected chi connectivity index (χ0v) is 15.8. The van der Waals surface area contributed by atoms with Gasteiger partial charge in [0.2, 0.25) is 5.91 Å². The Morgan fingerprint density at radius 2 is 2.00 bits per heavy atom. The largest absolute Gasteiger partial charge is 0.352 e. The minimum absolute atomic E-state index is 0.0226. The predicted molar refractivity (Wildman–Crippen MR) is 99.8 cm³/mol. The smallest absolute Gasteiger partial charge is 0.274 e. The van der Waals surface area contributed by atoms with Crippen LogP contribution in [0.5, 0.6) is 0 Å². The molecule has 1 aromatic carbocycles. The van der Waals surface area contributed by atoms with E-state index < -0.39 is 4.92 Å². The molecular weight excluding hydrogens is 332 g/mol. The second-order valence-corrected chi connectivity index (χ2v) is 6.89. The summed E-state index contributed by atoms with van der Waals surface area (Å²) in [7, 11) is 0. The molecule has 1 aromatic heterocycles. The van der Waals surface area contributed by atoms with Crippen LogP contribution < -0.4 is 5.32 Å². The maximum Gasteiger partial charge on any atom is 0.274 e. The van der Waals surface area contributed by atoms with Crippen LogP contribution in [0.4, 0.5) is 5.69 Å². The molecule has 1 amide bonds. The van der Waals surface area contributed by atoms with E-state index in [9.17, 15) is 14.9 Å². The van der Waals surface area contributed by atoms with E-state index >= 15 is 0 Å². The van der Waals surface area contributed by atoms with Gasteiger partial charge in [-0.25, -0.2) is 0 Å². The van der Waals surface area contributed by atoms with Crippen molar-refractivity contribution in [2.24, 2.45) is 5.92 Å². The number of hydrogen-bond donors (Lipinski definition) is 1. The van der Waals surface area contributed by atoms with Crippen LogP contribution in [0, 0.1) is 29.9 Å². The topological polar surface area (TPSA) is 90.1 Å². The number of hydrogen-bond acceptors (Lipinski definition) is 4. The molecule has 0 fully saturated rings. The lowest BCUT2D eigenvalue weighted by atomic mass is 10.1. The molecule has 0 bridgehead atoms. The second-order valence-electron chi connectivity index (χ2n) is 6.89. The van der Waals surface area contributed by atoms with Crippen molar-refractivity contribution in [3.05, 3.63) is 56.9 Å². The van der Waals surface area contributed by atoms with Gasteiger partial charge in [0, 0.05) is 36.8 Å². The number of benzene rings is 1. The quantitative estimate of drug-likeness (QED) is 0.579. The van der Waals surface area contributed by atoms with Gasteiger partial charge in [-0.2, -0.15) is 5.10 Å². The second kappa shape index (κ2) is 8.60. The monoisotopic (exact) mass is 358 g/mol. The molecule has 0 atom stereocenters. The number of rotatable bonds is 8. The fourth-order valence-electron chi connectivity index (χ4n) is 2.98. The third-order valence-corrected chi connectivity index (χ3v) is 4.34. The van der Waals surface area contributed by atoms with Crippen LogP contribution in [0.25, 0.3) is 0 Å². The molecule has 1 N–H and O–H groups in total. The normalized spacial score (nSPS) is 11.0. The molecule has 0 aliphatic heterocycles. The van der Waals surface area contributed by atoms with E-state index in [0.717, 1.165) is 23.5 Å². The summed E-state index contributed by atoms with van der Waals surface area (Å²) in [5.74, 6) is 0.379. The number of nitrogens with one attached hydrogen (secondary N) is 1. The van der Waals surface area contributed by atoms with Crippen LogP contribution in [0.3, 0.4) is 0 Å². The number of amides is 1. The van der Waals surface area contributed by atoms with Crippen molar-refractivity contribution in [1.29, 1.82) is 0 Å². The van der Waals surface area contributed by atoms with E-state index in [-0.39, 0.29) is 18.1 Å². The van der Waals surface area contributed by atoms with Crippen LogP contribution >= 0.6 is 0 Å². The lowest BCUT2D eigenvalue weighted by molar-refractivity contribution is -0.385. The predicted octanol–water partition coefficient (Wildman–Crippen LogP) is 3.31. The molecule has 7 nitrogen and oxygen atoms in total. The van der Waals surface area contributed by atoms with Crippen molar-refractivity contribution >= 4 is 11.6 Å². The Balaban J connectivity index is 1.94. The molecule has 0 radical (unpaired) electrons. The standard InChI is InChI=1S/C19H26N4O3/c1-13(2)12-22-15(4)17(14(3)21-22)9-10-19(24)20-11-16-7-5-6-8-18(16)23(25)26/h5-8,13H,9-12H2,1-4H3,(H,20,24). The van der Waals surface area contributed by atoms with E-state index in [1.165, 1.54) is 6.07 Å². The molecule has 26 heavy (non-hydrogen) atoms. The van der Waals surface area contributed by atoms with Crippen molar-refractivity contribution in [2.45, 2.75) is 53.6 Å². The average molecular weight is 358 g/mol. The van der Waals surface area contributed by atoms with Gasteiger partial charge in [0.05, 0.1) is 10.6 Å². The van der Waals surface area contributed by atoms with Crippen LogP contribution in [0.2, 0.25) is 0 Å². The first kappa shape index (κ1) is 19.6. The minimum Gasteiger partial charge on any atom is -0.352 e. The molecule has 140 valence electrons. The Morgan fingerprint density at radius 1 is 1.31 bits per heavy atom. The molecule has 0 saturated heterocycles. The SMILES string of the molecule is Cc1nn(CC(C)C)c(C)c1CCC(=O)NCc1ccccc1[N+](=O)[O-]. The summed E-state index contributed by atoms with van der Waals surface area (Å²) < 4.78 is 2.00. The van der Waals surface area contributed by atoms with E-state index in [0.29, 0.717) is 24.3 Å². The molecule has 0 aliphatic carbocycles. The molecule has 0 spiro atoms. The summed E-state index contributed by atoms with van der Waals surface area (Å²) >= 11 is 0. The summed E-state index contributed by atoms with van der Waals surface area (Å²) in [5.41, 5.74) is 3.68. The lowest BCUT2D eigenvalue weighted by Crippen LogP contribution is -2.23. The Bertz CT molecular complexity index is 796. The number of nitro benzene ring substituents is 1. The number of nitro groups is 1. The van der Waals surface area contributed by atoms with E-state index in [1.807, 2.05) is 18.5 Å². The van der Waals surface area contributed by atoms with Crippen molar-refractivity contribution in [1.82, 2.24) is 15.1 Å². The third-order valence-electron chi connectivity index (χ3n) is 4.34. The zero-order valence-electron chi connectivity index (χ0n) is 15.8. The first-order chi connectivity index (χ1) is 12.3. The Morgan fingerprint density at radius 3 is 2.65 bits per heavy atom. The summed E-state index contributed by atoms with van der Waals surface area (Å²) in [6, 6.07) is 6.44. The van der Waals surface area contributed by atoms with Gasteiger partial charge < -0.3 is 5.32 Å². The fraction of sp³-hybridized carbons (Fsp3) is 0.474. The highest BCUT2D eigenvalue weighted by molar-refractivity contribution is 5.76. The van der Waals surface area contributed by atoms with E-state index in [1.54, 1.807) is 18.2 Å². The van der Waals surface area contributed by atoms with Gasteiger partial charge in [-0.05, 0) is 31.7 Å².